The zero-order valence-corrected chi connectivity index (χ0v) is 30.5. The summed E-state index contributed by atoms with van der Waals surface area (Å²) < 4.78 is 12.6. The molecule has 0 spiro atoms. The molecule has 0 amide bonds. The van der Waals surface area contributed by atoms with Crippen LogP contribution in [-0.4, -0.2) is 0 Å². The van der Waals surface area contributed by atoms with E-state index in [0.29, 0.717) is 5.92 Å². The standard InChI is InChI=1S/C52H39NO2/c1-2-13-35(14-3-1)39-20-10-15-36-16-11-21-42(51(36)39)40-17-4-7-22-45(40)53(46-23-12-26-50-52(46)43-19-6-9-25-48(43)55-50)38-30-27-34(28-31-38)37-29-32-49-44(33-37)41-18-5-8-24-47(41)54-49/h4-12,15-33,35H,1-3,13-14H2. The fourth-order valence-corrected chi connectivity index (χ4v) is 9.30. The van der Waals surface area contributed by atoms with Crippen LogP contribution in [0.5, 0.6) is 0 Å². The van der Waals surface area contributed by atoms with Gasteiger partial charge in [0.15, 0.2) is 0 Å². The molecular formula is C52H39NO2. The van der Waals surface area contributed by atoms with Crippen molar-refractivity contribution >= 4 is 71.7 Å². The Morgan fingerprint density at radius 1 is 0.418 bits per heavy atom. The average Bonchev–Trinajstić information content (AvgIpc) is 3.83. The van der Waals surface area contributed by atoms with Gasteiger partial charge in [0, 0.05) is 27.4 Å². The molecule has 1 saturated carbocycles. The molecule has 0 unspecified atom stereocenters. The molecule has 0 N–H and O–H groups in total. The van der Waals surface area contributed by atoms with E-state index < -0.39 is 0 Å². The first-order chi connectivity index (χ1) is 27.3. The maximum atomic E-state index is 6.47. The molecule has 10 aromatic rings. The molecule has 3 nitrogen and oxygen atoms in total. The van der Waals surface area contributed by atoms with Crippen molar-refractivity contribution in [2.75, 3.05) is 4.90 Å². The van der Waals surface area contributed by atoms with Gasteiger partial charge in [0.2, 0.25) is 0 Å². The molecule has 0 aliphatic heterocycles. The first-order valence-corrected chi connectivity index (χ1v) is 19.6. The third-order valence-electron chi connectivity index (χ3n) is 11.9. The summed E-state index contributed by atoms with van der Waals surface area (Å²) in [6, 6.07) is 61.4. The van der Waals surface area contributed by atoms with Crippen LogP contribution in [0.25, 0.3) is 76.9 Å². The minimum atomic E-state index is 0.583. The Balaban J connectivity index is 1.12. The second-order valence-corrected chi connectivity index (χ2v) is 15.0. The van der Waals surface area contributed by atoms with Gasteiger partial charge in [-0.2, -0.15) is 0 Å². The molecule has 2 aromatic heterocycles. The van der Waals surface area contributed by atoms with E-state index in [2.05, 4.69) is 157 Å². The van der Waals surface area contributed by atoms with Crippen molar-refractivity contribution in [3.63, 3.8) is 0 Å². The number of fused-ring (bicyclic) bond motifs is 7. The lowest BCUT2D eigenvalue weighted by atomic mass is 9.80. The molecule has 8 aromatic carbocycles. The van der Waals surface area contributed by atoms with Crippen LogP contribution in [0.2, 0.25) is 0 Å². The molecule has 11 rings (SSSR count). The van der Waals surface area contributed by atoms with Crippen LogP contribution < -0.4 is 4.90 Å². The maximum Gasteiger partial charge on any atom is 0.137 e. The van der Waals surface area contributed by atoms with E-state index in [1.807, 2.05) is 18.2 Å². The summed E-state index contributed by atoms with van der Waals surface area (Å²) in [6.07, 6.45) is 6.46. The van der Waals surface area contributed by atoms with Gasteiger partial charge in [0.1, 0.15) is 22.3 Å². The van der Waals surface area contributed by atoms with Crippen molar-refractivity contribution in [2.24, 2.45) is 0 Å². The fourth-order valence-electron chi connectivity index (χ4n) is 9.30. The van der Waals surface area contributed by atoms with Gasteiger partial charge < -0.3 is 13.7 Å². The molecule has 2 heterocycles. The smallest absolute Gasteiger partial charge is 0.137 e. The van der Waals surface area contributed by atoms with Crippen LogP contribution in [0.3, 0.4) is 0 Å². The Morgan fingerprint density at radius 3 is 1.89 bits per heavy atom. The molecule has 55 heavy (non-hydrogen) atoms. The number of hydrogen-bond donors (Lipinski definition) is 0. The number of hydrogen-bond acceptors (Lipinski definition) is 3. The molecular weight excluding hydrogens is 671 g/mol. The van der Waals surface area contributed by atoms with Gasteiger partial charge in [0.05, 0.1) is 16.8 Å². The SMILES string of the molecule is c1ccc(N(c2ccc(-c3ccc4oc5ccccc5c4c3)cc2)c2cccc3oc4ccccc4c23)c(-c2cccc3cccc(C4CCCCC4)c23)c1. The third-order valence-corrected chi connectivity index (χ3v) is 11.9. The summed E-state index contributed by atoms with van der Waals surface area (Å²) in [5.74, 6) is 0.583. The number of nitrogens with zero attached hydrogens (tertiary/aromatic N) is 1. The number of rotatable bonds is 6. The van der Waals surface area contributed by atoms with Crippen molar-refractivity contribution < 1.29 is 8.83 Å². The number of benzene rings is 8. The van der Waals surface area contributed by atoms with Gasteiger partial charge in [-0.15, -0.1) is 0 Å². The summed E-state index contributed by atoms with van der Waals surface area (Å²) in [6.45, 7) is 0. The van der Waals surface area contributed by atoms with E-state index in [1.54, 1.807) is 0 Å². The molecule has 0 bridgehead atoms. The van der Waals surface area contributed by atoms with Gasteiger partial charge in [-0.25, -0.2) is 0 Å². The molecule has 3 heteroatoms. The average molecular weight is 710 g/mol. The van der Waals surface area contributed by atoms with E-state index in [9.17, 15) is 0 Å². The highest BCUT2D eigenvalue weighted by molar-refractivity contribution is 6.14. The first kappa shape index (κ1) is 31.9. The van der Waals surface area contributed by atoms with Gasteiger partial charge in [-0.05, 0) is 106 Å². The van der Waals surface area contributed by atoms with Crippen LogP contribution in [0.4, 0.5) is 17.1 Å². The van der Waals surface area contributed by atoms with Crippen molar-refractivity contribution in [2.45, 2.75) is 38.0 Å². The van der Waals surface area contributed by atoms with Crippen molar-refractivity contribution in [3.05, 3.63) is 175 Å². The van der Waals surface area contributed by atoms with E-state index in [1.165, 1.54) is 59.6 Å². The van der Waals surface area contributed by atoms with Gasteiger partial charge >= 0.3 is 0 Å². The van der Waals surface area contributed by atoms with Crippen molar-refractivity contribution in [3.8, 4) is 22.3 Å². The topological polar surface area (TPSA) is 29.5 Å². The molecule has 0 radical (unpaired) electrons. The van der Waals surface area contributed by atoms with Gasteiger partial charge in [0.25, 0.3) is 0 Å². The zero-order chi connectivity index (χ0) is 36.3. The predicted molar refractivity (Wildman–Crippen MR) is 230 cm³/mol. The number of furan rings is 2. The fraction of sp³-hybridized carbons (Fsp3) is 0.115. The number of para-hydroxylation sites is 3. The molecule has 1 fully saturated rings. The second-order valence-electron chi connectivity index (χ2n) is 15.0. The largest absolute Gasteiger partial charge is 0.456 e. The Labute approximate surface area is 320 Å². The lowest BCUT2D eigenvalue weighted by molar-refractivity contribution is 0.445. The highest BCUT2D eigenvalue weighted by Crippen LogP contribution is 2.48. The number of anilines is 3. The molecule has 1 aliphatic carbocycles. The quantitative estimate of drug-likeness (QED) is 0.172. The minimum absolute atomic E-state index is 0.583. The third kappa shape index (κ3) is 5.33. The molecule has 0 saturated heterocycles. The van der Waals surface area contributed by atoms with E-state index in [4.69, 9.17) is 8.83 Å². The normalized spacial score (nSPS) is 13.7. The summed E-state index contributed by atoms with van der Waals surface area (Å²) >= 11 is 0. The lowest BCUT2D eigenvalue weighted by Gasteiger charge is -2.29. The molecule has 0 atom stereocenters. The summed E-state index contributed by atoms with van der Waals surface area (Å²) in [5, 5.41) is 7.17. The molecule has 264 valence electrons. The van der Waals surface area contributed by atoms with E-state index in [0.717, 1.165) is 72.1 Å². The Kier molecular flexibility index (Phi) is 7.58. The van der Waals surface area contributed by atoms with Crippen molar-refractivity contribution in [1.82, 2.24) is 0 Å². The van der Waals surface area contributed by atoms with Gasteiger partial charge in [-0.3, -0.25) is 0 Å². The van der Waals surface area contributed by atoms with Crippen LogP contribution >= 0.6 is 0 Å². The summed E-state index contributed by atoms with van der Waals surface area (Å²) in [5.41, 5.74) is 13.2. The minimum Gasteiger partial charge on any atom is -0.456 e. The van der Waals surface area contributed by atoms with Gasteiger partial charge in [-0.1, -0.05) is 135 Å². The van der Waals surface area contributed by atoms with Crippen LogP contribution in [-0.2, 0) is 0 Å². The maximum absolute atomic E-state index is 6.47. The Hall–Kier alpha value is -6.58. The lowest BCUT2D eigenvalue weighted by Crippen LogP contribution is -2.12. The van der Waals surface area contributed by atoms with Crippen LogP contribution in [0.15, 0.2) is 179 Å². The summed E-state index contributed by atoms with van der Waals surface area (Å²) in [7, 11) is 0. The zero-order valence-electron chi connectivity index (χ0n) is 30.5. The first-order valence-electron chi connectivity index (χ1n) is 19.6. The van der Waals surface area contributed by atoms with E-state index >= 15 is 0 Å². The van der Waals surface area contributed by atoms with E-state index in [-0.39, 0.29) is 0 Å². The van der Waals surface area contributed by atoms with Crippen molar-refractivity contribution in [1.29, 1.82) is 0 Å². The monoisotopic (exact) mass is 709 g/mol. The van der Waals surface area contributed by atoms with Crippen LogP contribution in [0.1, 0.15) is 43.6 Å². The Bertz CT molecular complexity index is 3030. The van der Waals surface area contributed by atoms with Crippen LogP contribution in [0, 0.1) is 0 Å². The molecule has 1 aliphatic rings. The predicted octanol–water partition coefficient (Wildman–Crippen LogP) is 15.5. The summed E-state index contributed by atoms with van der Waals surface area (Å²) in [4.78, 5) is 2.44. The highest BCUT2D eigenvalue weighted by Gasteiger charge is 2.24. The highest BCUT2D eigenvalue weighted by atomic mass is 16.3. The second kappa shape index (κ2) is 13.1. The Morgan fingerprint density at radius 2 is 1.04 bits per heavy atom.